The molecular weight excluding hydrogens is 394 g/mol. The highest BCUT2D eigenvalue weighted by atomic mass is 16.5. The Morgan fingerprint density at radius 3 is 1.71 bits per heavy atom. The minimum Gasteiger partial charge on any atom is -0.427 e. The standard InChI is InChI=1S/C25H27NO5/c1-4-7-22(27)29-19-13-9-17(10-14-19)24-21(6-3)25(31-26-24)18-11-15-20(16-12-18)30-23(28)8-5-2/h9-16H,4-8H2,1-3H3. The summed E-state index contributed by atoms with van der Waals surface area (Å²) in [6.45, 7) is 5.91. The Balaban J connectivity index is 1.79. The van der Waals surface area contributed by atoms with E-state index in [9.17, 15) is 9.59 Å². The summed E-state index contributed by atoms with van der Waals surface area (Å²) in [4.78, 5) is 23.3. The van der Waals surface area contributed by atoms with E-state index >= 15 is 0 Å². The summed E-state index contributed by atoms with van der Waals surface area (Å²) in [6, 6.07) is 14.5. The van der Waals surface area contributed by atoms with E-state index in [1.165, 1.54) is 0 Å². The molecule has 0 fully saturated rings. The molecule has 0 spiro atoms. The first kappa shape index (κ1) is 22.3. The molecule has 31 heavy (non-hydrogen) atoms. The van der Waals surface area contributed by atoms with Crippen LogP contribution in [0.4, 0.5) is 0 Å². The van der Waals surface area contributed by atoms with Crippen molar-refractivity contribution in [3.05, 3.63) is 54.1 Å². The molecular formula is C25H27NO5. The van der Waals surface area contributed by atoms with E-state index < -0.39 is 0 Å². The molecule has 0 N–H and O–H groups in total. The maximum Gasteiger partial charge on any atom is 0.311 e. The molecule has 2 aromatic carbocycles. The molecule has 0 aliphatic carbocycles. The Morgan fingerprint density at radius 2 is 1.26 bits per heavy atom. The summed E-state index contributed by atoms with van der Waals surface area (Å²) in [5, 5.41) is 4.28. The highest BCUT2D eigenvalue weighted by Gasteiger charge is 2.18. The molecule has 1 heterocycles. The van der Waals surface area contributed by atoms with Crippen molar-refractivity contribution in [2.45, 2.75) is 52.9 Å². The number of esters is 2. The van der Waals surface area contributed by atoms with Crippen LogP contribution in [0.3, 0.4) is 0 Å². The lowest BCUT2D eigenvalue weighted by molar-refractivity contribution is -0.135. The first-order valence-corrected chi connectivity index (χ1v) is 10.7. The average Bonchev–Trinajstić information content (AvgIpc) is 3.19. The van der Waals surface area contributed by atoms with Crippen molar-refractivity contribution in [2.24, 2.45) is 0 Å². The van der Waals surface area contributed by atoms with Gasteiger partial charge in [0.2, 0.25) is 0 Å². The largest absolute Gasteiger partial charge is 0.427 e. The number of hydrogen-bond donors (Lipinski definition) is 0. The highest BCUT2D eigenvalue weighted by molar-refractivity contribution is 5.75. The van der Waals surface area contributed by atoms with Crippen LogP contribution in [0, 0.1) is 0 Å². The number of carbonyl (C=O) groups excluding carboxylic acids is 2. The third-order valence-corrected chi connectivity index (χ3v) is 4.76. The van der Waals surface area contributed by atoms with Crippen molar-refractivity contribution in [1.82, 2.24) is 5.16 Å². The molecule has 6 heteroatoms. The summed E-state index contributed by atoms with van der Waals surface area (Å²) in [6.07, 6.45) is 3.02. The van der Waals surface area contributed by atoms with E-state index in [1.807, 2.05) is 45.0 Å². The predicted octanol–water partition coefficient (Wildman–Crippen LogP) is 5.98. The van der Waals surface area contributed by atoms with Gasteiger partial charge in [0, 0.05) is 29.5 Å². The van der Waals surface area contributed by atoms with Crippen molar-refractivity contribution >= 4 is 11.9 Å². The molecule has 3 rings (SSSR count). The molecule has 0 saturated carbocycles. The van der Waals surface area contributed by atoms with Crippen LogP contribution in [0.5, 0.6) is 11.5 Å². The van der Waals surface area contributed by atoms with E-state index in [1.54, 1.807) is 24.3 Å². The van der Waals surface area contributed by atoms with E-state index in [2.05, 4.69) is 5.16 Å². The normalized spacial score (nSPS) is 10.7. The smallest absolute Gasteiger partial charge is 0.311 e. The molecule has 0 aliphatic rings. The quantitative estimate of drug-likeness (QED) is 0.312. The Labute approximate surface area is 182 Å². The number of ether oxygens (including phenoxy) is 2. The Kier molecular flexibility index (Phi) is 7.60. The summed E-state index contributed by atoms with van der Waals surface area (Å²) in [7, 11) is 0. The molecule has 0 unspecified atom stereocenters. The van der Waals surface area contributed by atoms with Gasteiger partial charge in [-0.05, 0) is 67.8 Å². The monoisotopic (exact) mass is 421 g/mol. The van der Waals surface area contributed by atoms with Gasteiger partial charge in [-0.25, -0.2) is 0 Å². The molecule has 0 radical (unpaired) electrons. The number of rotatable bonds is 9. The second-order valence-electron chi connectivity index (χ2n) is 7.19. The molecule has 6 nitrogen and oxygen atoms in total. The second-order valence-corrected chi connectivity index (χ2v) is 7.19. The lowest BCUT2D eigenvalue weighted by Gasteiger charge is -2.06. The van der Waals surface area contributed by atoms with Gasteiger partial charge in [-0.15, -0.1) is 0 Å². The van der Waals surface area contributed by atoms with Crippen molar-refractivity contribution < 1.29 is 23.6 Å². The number of nitrogens with zero attached hydrogens (tertiary/aromatic N) is 1. The zero-order valence-corrected chi connectivity index (χ0v) is 18.1. The van der Waals surface area contributed by atoms with Crippen LogP contribution >= 0.6 is 0 Å². The van der Waals surface area contributed by atoms with Crippen molar-refractivity contribution in [2.75, 3.05) is 0 Å². The van der Waals surface area contributed by atoms with Crippen LogP contribution in [-0.4, -0.2) is 17.1 Å². The summed E-state index contributed by atoms with van der Waals surface area (Å²) in [5.41, 5.74) is 3.47. The van der Waals surface area contributed by atoms with Crippen LogP contribution in [-0.2, 0) is 16.0 Å². The van der Waals surface area contributed by atoms with E-state index in [-0.39, 0.29) is 11.9 Å². The summed E-state index contributed by atoms with van der Waals surface area (Å²) < 4.78 is 16.3. The van der Waals surface area contributed by atoms with Crippen molar-refractivity contribution in [3.8, 4) is 34.1 Å². The third-order valence-electron chi connectivity index (χ3n) is 4.76. The van der Waals surface area contributed by atoms with Crippen LogP contribution in [0.25, 0.3) is 22.6 Å². The average molecular weight is 421 g/mol. The SMILES string of the molecule is CCCC(=O)Oc1ccc(-c2noc(-c3ccc(OC(=O)CCC)cc3)c2CC)cc1. The second kappa shape index (κ2) is 10.6. The molecule has 0 atom stereocenters. The fraction of sp³-hybridized carbons (Fsp3) is 0.320. The zero-order valence-electron chi connectivity index (χ0n) is 18.1. The minimum absolute atomic E-state index is 0.239. The van der Waals surface area contributed by atoms with Crippen LogP contribution in [0.1, 0.15) is 52.0 Å². The molecule has 0 amide bonds. The minimum atomic E-state index is -0.240. The Hall–Kier alpha value is -3.41. The van der Waals surface area contributed by atoms with Crippen LogP contribution in [0.15, 0.2) is 53.1 Å². The van der Waals surface area contributed by atoms with Gasteiger partial charge in [-0.2, -0.15) is 0 Å². The van der Waals surface area contributed by atoms with E-state index in [0.29, 0.717) is 30.1 Å². The van der Waals surface area contributed by atoms with Gasteiger partial charge in [0.1, 0.15) is 17.2 Å². The third kappa shape index (κ3) is 5.60. The molecule has 1 aromatic heterocycles. The van der Waals surface area contributed by atoms with E-state index in [0.717, 1.165) is 41.6 Å². The molecule has 3 aromatic rings. The first-order valence-electron chi connectivity index (χ1n) is 10.7. The fourth-order valence-electron chi connectivity index (χ4n) is 3.22. The molecule has 0 aliphatic heterocycles. The van der Waals surface area contributed by atoms with Gasteiger partial charge in [-0.1, -0.05) is 25.9 Å². The van der Waals surface area contributed by atoms with Gasteiger partial charge in [0.05, 0.1) is 0 Å². The first-order chi connectivity index (χ1) is 15.0. The Bertz CT molecular complexity index is 938. The predicted molar refractivity (Wildman–Crippen MR) is 118 cm³/mol. The molecule has 162 valence electrons. The lowest BCUT2D eigenvalue weighted by Crippen LogP contribution is -2.06. The molecule has 0 bridgehead atoms. The molecule has 0 saturated heterocycles. The van der Waals surface area contributed by atoms with Crippen molar-refractivity contribution in [1.29, 1.82) is 0 Å². The number of carbonyl (C=O) groups is 2. The number of benzene rings is 2. The zero-order chi connectivity index (χ0) is 22.2. The van der Waals surface area contributed by atoms with Gasteiger partial charge in [0.25, 0.3) is 0 Å². The summed E-state index contributed by atoms with van der Waals surface area (Å²) in [5.74, 6) is 1.22. The van der Waals surface area contributed by atoms with Gasteiger partial charge >= 0.3 is 11.9 Å². The summed E-state index contributed by atoms with van der Waals surface area (Å²) >= 11 is 0. The number of hydrogen-bond acceptors (Lipinski definition) is 6. The fourth-order valence-corrected chi connectivity index (χ4v) is 3.22. The topological polar surface area (TPSA) is 78.6 Å². The van der Waals surface area contributed by atoms with Crippen LogP contribution in [0.2, 0.25) is 0 Å². The van der Waals surface area contributed by atoms with Gasteiger partial charge in [0.15, 0.2) is 5.76 Å². The number of aromatic nitrogens is 1. The maximum atomic E-state index is 11.7. The maximum absolute atomic E-state index is 11.7. The van der Waals surface area contributed by atoms with Crippen molar-refractivity contribution in [3.63, 3.8) is 0 Å². The van der Waals surface area contributed by atoms with E-state index in [4.69, 9.17) is 14.0 Å². The van der Waals surface area contributed by atoms with Gasteiger partial charge in [-0.3, -0.25) is 9.59 Å². The Morgan fingerprint density at radius 1 is 0.774 bits per heavy atom. The highest BCUT2D eigenvalue weighted by Crippen LogP contribution is 2.34. The van der Waals surface area contributed by atoms with Crippen LogP contribution < -0.4 is 9.47 Å². The lowest BCUT2D eigenvalue weighted by atomic mass is 10.0. The van der Waals surface area contributed by atoms with Gasteiger partial charge < -0.3 is 14.0 Å².